The third-order valence-electron chi connectivity index (χ3n) is 3.79. The minimum Gasteiger partial charge on any atom is -0.337 e. The van der Waals surface area contributed by atoms with Crippen LogP contribution >= 0.6 is 15.9 Å². The van der Waals surface area contributed by atoms with Crippen LogP contribution in [0, 0.1) is 0 Å². The van der Waals surface area contributed by atoms with Crippen LogP contribution in [0.15, 0.2) is 30.5 Å². The van der Waals surface area contributed by atoms with Crippen LogP contribution in [0.4, 0.5) is 5.95 Å². The molecule has 0 radical (unpaired) electrons. The van der Waals surface area contributed by atoms with E-state index in [4.69, 9.17) is 4.98 Å². The molecule has 1 aliphatic rings. The summed E-state index contributed by atoms with van der Waals surface area (Å²) < 4.78 is 0. The zero-order chi connectivity index (χ0) is 13.1. The van der Waals surface area contributed by atoms with E-state index in [1.165, 1.54) is 25.7 Å². The van der Waals surface area contributed by atoms with Gasteiger partial charge in [0.2, 0.25) is 5.95 Å². The number of halogens is 1. The maximum atomic E-state index is 4.73. The van der Waals surface area contributed by atoms with E-state index in [2.05, 4.69) is 37.9 Å². The number of nitrogens with zero attached hydrogens (tertiary/aromatic N) is 3. The molecule has 0 amide bonds. The molecule has 1 aromatic carbocycles. The summed E-state index contributed by atoms with van der Waals surface area (Å²) >= 11 is 3.64. The minimum absolute atomic E-state index is 0.517. The molecule has 0 bridgehead atoms. The fourth-order valence-corrected chi connectivity index (χ4v) is 3.38. The lowest BCUT2D eigenvalue weighted by molar-refractivity contribution is 0.616. The molecular weight excluding hydrogens is 302 g/mol. The van der Waals surface area contributed by atoms with Crippen molar-refractivity contribution in [1.82, 2.24) is 9.97 Å². The van der Waals surface area contributed by atoms with Gasteiger partial charge in [-0.1, -0.05) is 47.0 Å². The molecule has 0 aliphatic carbocycles. The molecule has 1 fully saturated rings. The smallest absolute Gasteiger partial charge is 0.226 e. The number of rotatable bonds is 2. The van der Waals surface area contributed by atoms with Gasteiger partial charge in [0, 0.05) is 29.5 Å². The molecule has 1 aliphatic heterocycles. The normalized spacial score (nSPS) is 20.5. The first kappa shape index (κ1) is 12.9. The van der Waals surface area contributed by atoms with Crippen molar-refractivity contribution in [3.8, 4) is 0 Å². The van der Waals surface area contributed by atoms with Crippen molar-refractivity contribution in [2.75, 3.05) is 16.8 Å². The van der Waals surface area contributed by atoms with Crippen LogP contribution in [0.25, 0.3) is 10.9 Å². The van der Waals surface area contributed by atoms with Gasteiger partial charge < -0.3 is 4.90 Å². The number of hydrogen-bond donors (Lipinski definition) is 0. The minimum atomic E-state index is 0.517. The number of alkyl halides is 1. The van der Waals surface area contributed by atoms with Gasteiger partial charge in [-0.25, -0.2) is 9.97 Å². The summed E-state index contributed by atoms with van der Waals surface area (Å²) in [6, 6.07) is 8.69. The lowest BCUT2D eigenvalue weighted by Crippen LogP contribution is -2.37. The molecule has 3 nitrogen and oxygen atoms in total. The van der Waals surface area contributed by atoms with Crippen molar-refractivity contribution in [1.29, 1.82) is 0 Å². The molecule has 2 heterocycles. The van der Waals surface area contributed by atoms with Crippen LogP contribution < -0.4 is 4.90 Å². The fourth-order valence-electron chi connectivity index (χ4n) is 2.70. The van der Waals surface area contributed by atoms with E-state index in [-0.39, 0.29) is 0 Å². The van der Waals surface area contributed by atoms with Gasteiger partial charge >= 0.3 is 0 Å². The maximum absolute atomic E-state index is 4.73. The van der Waals surface area contributed by atoms with Crippen LogP contribution in [0.3, 0.4) is 0 Å². The molecule has 3 rings (SSSR count). The lowest BCUT2D eigenvalue weighted by Gasteiger charge is -2.28. The summed E-state index contributed by atoms with van der Waals surface area (Å²) in [5.74, 6) is 0.880. The van der Waals surface area contributed by atoms with E-state index < -0.39 is 0 Å². The van der Waals surface area contributed by atoms with Crippen molar-refractivity contribution in [3.63, 3.8) is 0 Å². The Kier molecular flexibility index (Phi) is 3.97. The average Bonchev–Trinajstić information content (AvgIpc) is 2.72. The molecular formula is C15H18BrN3. The summed E-state index contributed by atoms with van der Waals surface area (Å²) in [5, 5.41) is 2.10. The van der Waals surface area contributed by atoms with Crippen molar-refractivity contribution < 1.29 is 0 Å². The monoisotopic (exact) mass is 319 g/mol. The largest absolute Gasteiger partial charge is 0.337 e. The van der Waals surface area contributed by atoms with Crippen LogP contribution in [0.5, 0.6) is 0 Å². The number of aromatic nitrogens is 2. The van der Waals surface area contributed by atoms with Gasteiger partial charge in [0.05, 0.1) is 5.52 Å². The van der Waals surface area contributed by atoms with E-state index in [0.29, 0.717) is 6.04 Å². The highest BCUT2D eigenvalue weighted by Crippen LogP contribution is 2.23. The molecule has 1 atom stereocenters. The van der Waals surface area contributed by atoms with Crippen molar-refractivity contribution in [2.45, 2.75) is 31.7 Å². The third-order valence-corrected chi connectivity index (χ3v) is 4.54. The summed E-state index contributed by atoms with van der Waals surface area (Å²) in [7, 11) is 0. The van der Waals surface area contributed by atoms with Gasteiger partial charge in [0.25, 0.3) is 0 Å². The van der Waals surface area contributed by atoms with Crippen molar-refractivity contribution >= 4 is 32.8 Å². The SMILES string of the molecule is BrCC1CCCCCN1c1ncc2ccccc2n1. The van der Waals surface area contributed by atoms with E-state index in [1.807, 2.05) is 18.3 Å². The molecule has 1 unspecified atom stereocenters. The quantitative estimate of drug-likeness (QED) is 0.789. The molecule has 1 aromatic heterocycles. The molecule has 4 heteroatoms. The highest BCUT2D eigenvalue weighted by molar-refractivity contribution is 9.09. The molecule has 0 spiro atoms. The van der Waals surface area contributed by atoms with E-state index in [9.17, 15) is 0 Å². The van der Waals surface area contributed by atoms with Crippen LogP contribution in [-0.4, -0.2) is 27.9 Å². The molecule has 0 saturated carbocycles. The second-order valence-electron chi connectivity index (χ2n) is 5.08. The second-order valence-corrected chi connectivity index (χ2v) is 5.73. The molecule has 19 heavy (non-hydrogen) atoms. The predicted octanol–water partition coefficient (Wildman–Crippen LogP) is 3.77. The highest BCUT2D eigenvalue weighted by Gasteiger charge is 2.22. The first-order valence-electron chi connectivity index (χ1n) is 6.93. The Hall–Kier alpha value is -1.16. The molecule has 1 saturated heterocycles. The topological polar surface area (TPSA) is 29.0 Å². The zero-order valence-electron chi connectivity index (χ0n) is 10.9. The van der Waals surface area contributed by atoms with E-state index in [0.717, 1.165) is 28.7 Å². The average molecular weight is 320 g/mol. The number of fused-ring (bicyclic) bond motifs is 1. The van der Waals surface area contributed by atoms with Gasteiger partial charge in [-0.05, 0) is 18.9 Å². The fraction of sp³-hybridized carbons (Fsp3) is 0.467. The molecule has 0 N–H and O–H groups in total. The summed E-state index contributed by atoms with van der Waals surface area (Å²) in [6.45, 7) is 1.06. The zero-order valence-corrected chi connectivity index (χ0v) is 12.5. The standard InChI is InChI=1S/C15H18BrN3/c16-10-13-7-2-1-5-9-19(13)15-17-11-12-6-3-4-8-14(12)18-15/h3-4,6,8,11,13H,1-2,5,7,9-10H2. The van der Waals surface area contributed by atoms with Crippen LogP contribution in [0.2, 0.25) is 0 Å². The lowest BCUT2D eigenvalue weighted by atomic mass is 10.1. The van der Waals surface area contributed by atoms with Gasteiger partial charge in [-0.3, -0.25) is 0 Å². The Bertz CT molecular complexity index is 558. The predicted molar refractivity (Wildman–Crippen MR) is 82.9 cm³/mol. The number of hydrogen-bond acceptors (Lipinski definition) is 3. The number of benzene rings is 1. The van der Waals surface area contributed by atoms with E-state index >= 15 is 0 Å². The van der Waals surface area contributed by atoms with Crippen LogP contribution in [0.1, 0.15) is 25.7 Å². The number of anilines is 1. The molecule has 2 aromatic rings. The Morgan fingerprint density at radius 3 is 3.00 bits per heavy atom. The first-order valence-corrected chi connectivity index (χ1v) is 8.05. The van der Waals surface area contributed by atoms with Gasteiger partial charge in [0.15, 0.2) is 0 Å². The van der Waals surface area contributed by atoms with Crippen LogP contribution in [-0.2, 0) is 0 Å². The van der Waals surface area contributed by atoms with Crippen molar-refractivity contribution in [3.05, 3.63) is 30.5 Å². The summed E-state index contributed by atoms with van der Waals surface area (Å²) in [4.78, 5) is 11.7. The highest BCUT2D eigenvalue weighted by atomic mass is 79.9. The van der Waals surface area contributed by atoms with E-state index in [1.54, 1.807) is 0 Å². The maximum Gasteiger partial charge on any atom is 0.226 e. The van der Waals surface area contributed by atoms with Gasteiger partial charge in [-0.15, -0.1) is 0 Å². The molecule has 100 valence electrons. The number of para-hydroxylation sites is 1. The Labute approximate surface area is 122 Å². The Morgan fingerprint density at radius 1 is 1.21 bits per heavy atom. The van der Waals surface area contributed by atoms with Crippen molar-refractivity contribution in [2.24, 2.45) is 0 Å². The Morgan fingerprint density at radius 2 is 2.11 bits per heavy atom. The first-order chi connectivity index (χ1) is 9.38. The summed E-state index contributed by atoms with van der Waals surface area (Å²) in [6.07, 6.45) is 7.02. The van der Waals surface area contributed by atoms with Gasteiger partial charge in [0.1, 0.15) is 0 Å². The Balaban J connectivity index is 1.96. The van der Waals surface area contributed by atoms with Gasteiger partial charge in [-0.2, -0.15) is 0 Å². The third kappa shape index (κ3) is 2.73. The second kappa shape index (κ2) is 5.87. The summed E-state index contributed by atoms with van der Waals surface area (Å²) in [5.41, 5.74) is 1.03.